The molecular formula is C16H28N4. The number of nitrogens with one attached hydrogen (secondary N) is 2. The highest BCUT2D eigenvalue weighted by molar-refractivity contribution is 5.80. The van der Waals surface area contributed by atoms with E-state index >= 15 is 0 Å². The number of guanidine groups is 1. The van der Waals surface area contributed by atoms with E-state index in [9.17, 15) is 0 Å². The van der Waals surface area contributed by atoms with Crippen molar-refractivity contribution in [3.63, 3.8) is 0 Å². The fourth-order valence-corrected chi connectivity index (χ4v) is 1.92. The molecule has 0 aliphatic rings. The van der Waals surface area contributed by atoms with Crippen LogP contribution in [0.2, 0.25) is 0 Å². The molecule has 0 aliphatic carbocycles. The van der Waals surface area contributed by atoms with Gasteiger partial charge in [0.25, 0.3) is 0 Å². The summed E-state index contributed by atoms with van der Waals surface area (Å²) in [7, 11) is 5.96. The first-order valence-electron chi connectivity index (χ1n) is 7.01. The lowest BCUT2D eigenvalue weighted by Gasteiger charge is -2.23. The molecule has 1 rings (SSSR count). The molecule has 20 heavy (non-hydrogen) atoms. The Morgan fingerprint density at radius 2 is 1.85 bits per heavy atom. The van der Waals surface area contributed by atoms with Gasteiger partial charge in [0.15, 0.2) is 5.96 Å². The number of hydrogen-bond donors (Lipinski definition) is 2. The van der Waals surface area contributed by atoms with Gasteiger partial charge in [0.1, 0.15) is 0 Å². The van der Waals surface area contributed by atoms with E-state index in [0.29, 0.717) is 0 Å². The van der Waals surface area contributed by atoms with Gasteiger partial charge in [0.2, 0.25) is 0 Å². The van der Waals surface area contributed by atoms with E-state index in [2.05, 4.69) is 79.7 Å². The van der Waals surface area contributed by atoms with Crippen molar-refractivity contribution < 1.29 is 0 Å². The molecule has 0 saturated heterocycles. The lowest BCUT2D eigenvalue weighted by molar-refractivity contribution is 0.402. The van der Waals surface area contributed by atoms with Crippen molar-refractivity contribution in [3.8, 4) is 0 Å². The molecule has 1 aromatic carbocycles. The van der Waals surface area contributed by atoms with Crippen molar-refractivity contribution in [2.24, 2.45) is 4.99 Å². The third kappa shape index (κ3) is 6.57. The van der Waals surface area contributed by atoms with E-state index in [1.54, 1.807) is 7.05 Å². The average Bonchev–Trinajstić information content (AvgIpc) is 2.32. The molecule has 0 saturated carbocycles. The van der Waals surface area contributed by atoms with Crippen molar-refractivity contribution in [2.75, 3.05) is 21.1 Å². The zero-order chi connectivity index (χ0) is 15.2. The van der Waals surface area contributed by atoms with E-state index in [4.69, 9.17) is 0 Å². The molecule has 0 spiro atoms. The first-order chi connectivity index (χ1) is 9.30. The Morgan fingerprint density at radius 1 is 1.20 bits per heavy atom. The normalized spacial score (nSPS) is 12.7. The molecule has 4 heteroatoms. The van der Waals surface area contributed by atoms with Crippen LogP contribution in [0.3, 0.4) is 0 Å². The summed E-state index contributed by atoms with van der Waals surface area (Å²) in [6, 6.07) is 8.63. The first-order valence-corrected chi connectivity index (χ1v) is 7.01. The third-order valence-corrected chi connectivity index (χ3v) is 2.67. The smallest absolute Gasteiger partial charge is 0.191 e. The Hall–Kier alpha value is -1.55. The third-order valence-electron chi connectivity index (χ3n) is 2.67. The number of benzene rings is 1. The Labute approximate surface area is 123 Å². The second kappa shape index (κ2) is 7.29. The van der Waals surface area contributed by atoms with Crippen LogP contribution in [0.4, 0.5) is 0 Å². The molecule has 0 aliphatic heterocycles. The van der Waals surface area contributed by atoms with Crippen LogP contribution in [-0.2, 0) is 13.1 Å². The summed E-state index contributed by atoms with van der Waals surface area (Å²) < 4.78 is 0. The maximum atomic E-state index is 4.25. The second-order valence-electron chi connectivity index (χ2n) is 6.36. The SMILES string of the molecule is CN=C(NCc1cccc(CN(C)C)c1)NC(C)(C)C. The minimum Gasteiger partial charge on any atom is -0.352 e. The first kappa shape index (κ1) is 16.5. The molecule has 2 N–H and O–H groups in total. The quantitative estimate of drug-likeness (QED) is 0.654. The van der Waals surface area contributed by atoms with Gasteiger partial charge in [-0.2, -0.15) is 0 Å². The van der Waals surface area contributed by atoms with E-state index in [1.807, 2.05) is 0 Å². The van der Waals surface area contributed by atoms with Gasteiger partial charge in [-0.1, -0.05) is 24.3 Å². The Balaban J connectivity index is 2.60. The molecule has 1 aromatic rings. The number of rotatable bonds is 4. The van der Waals surface area contributed by atoms with Crippen LogP contribution in [0.25, 0.3) is 0 Å². The molecule has 0 amide bonds. The van der Waals surface area contributed by atoms with Crippen molar-refractivity contribution in [1.82, 2.24) is 15.5 Å². The molecule has 0 bridgehead atoms. The summed E-state index contributed by atoms with van der Waals surface area (Å²) in [5.74, 6) is 0.829. The summed E-state index contributed by atoms with van der Waals surface area (Å²) in [5.41, 5.74) is 2.60. The highest BCUT2D eigenvalue weighted by atomic mass is 15.2. The summed E-state index contributed by atoms with van der Waals surface area (Å²) in [6.45, 7) is 8.10. The maximum Gasteiger partial charge on any atom is 0.191 e. The van der Waals surface area contributed by atoms with Gasteiger partial charge in [-0.25, -0.2) is 0 Å². The molecule has 0 fully saturated rings. The van der Waals surface area contributed by atoms with Crippen LogP contribution in [0, 0.1) is 0 Å². The average molecular weight is 276 g/mol. The van der Waals surface area contributed by atoms with Gasteiger partial charge in [0, 0.05) is 25.7 Å². The number of nitrogens with zero attached hydrogens (tertiary/aromatic N) is 2. The fraction of sp³-hybridized carbons (Fsp3) is 0.562. The summed E-state index contributed by atoms with van der Waals surface area (Å²) >= 11 is 0. The van der Waals surface area contributed by atoms with Gasteiger partial charge in [-0.15, -0.1) is 0 Å². The molecule has 0 radical (unpaired) electrons. The number of aliphatic imine (C=N–C) groups is 1. The molecule has 0 unspecified atom stereocenters. The van der Waals surface area contributed by atoms with Crippen molar-refractivity contribution in [3.05, 3.63) is 35.4 Å². The molecule has 4 nitrogen and oxygen atoms in total. The van der Waals surface area contributed by atoms with Gasteiger partial charge in [-0.05, 0) is 46.0 Å². The second-order valence-corrected chi connectivity index (χ2v) is 6.36. The van der Waals surface area contributed by atoms with Crippen LogP contribution < -0.4 is 10.6 Å². The monoisotopic (exact) mass is 276 g/mol. The van der Waals surface area contributed by atoms with E-state index in [1.165, 1.54) is 11.1 Å². The molecule has 0 aromatic heterocycles. The highest BCUT2D eigenvalue weighted by Gasteiger charge is 2.11. The Bertz CT molecular complexity index is 444. The van der Waals surface area contributed by atoms with Crippen LogP contribution in [0.5, 0.6) is 0 Å². The maximum absolute atomic E-state index is 4.25. The zero-order valence-corrected chi connectivity index (χ0v) is 13.6. The van der Waals surface area contributed by atoms with Crippen LogP contribution in [0.15, 0.2) is 29.3 Å². The minimum atomic E-state index is 0.00855. The topological polar surface area (TPSA) is 39.7 Å². The van der Waals surface area contributed by atoms with E-state index in [0.717, 1.165) is 19.0 Å². The fourth-order valence-electron chi connectivity index (χ4n) is 1.92. The highest BCUT2D eigenvalue weighted by Crippen LogP contribution is 2.07. The molecular weight excluding hydrogens is 248 g/mol. The van der Waals surface area contributed by atoms with Crippen molar-refractivity contribution in [1.29, 1.82) is 0 Å². The van der Waals surface area contributed by atoms with Gasteiger partial charge in [0.05, 0.1) is 0 Å². The standard InChI is InChI=1S/C16H28N4/c1-16(2,3)19-15(17-4)18-11-13-8-7-9-14(10-13)12-20(5)6/h7-10H,11-12H2,1-6H3,(H2,17,18,19). The van der Waals surface area contributed by atoms with Crippen LogP contribution in [-0.4, -0.2) is 37.5 Å². The van der Waals surface area contributed by atoms with E-state index < -0.39 is 0 Å². The number of hydrogen-bond acceptors (Lipinski definition) is 2. The molecule has 0 atom stereocenters. The summed E-state index contributed by atoms with van der Waals surface area (Å²) in [4.78, 5) is 6.42. The lowest BCUT2D eigenvalue weighted by Crippen LogP contribution is -2.47. The van der Waals surface area contributed by atoms with Crippen molar-refractivity contribution >= 4 is 5.96 Å². The minimum absolute atomic E-state index is 0.00855. The largest absolute Gasteiger partial charge is 0.352 e. The van der Waals surface area contributed by atoms with Crippen molar-refractivity contribution in [2.45, 2.75) is 39.4 Å². The Kier molecular flexibility index (Phi) is 6.02. The zero-order valence-electron chi connectivity index (χ0n) is 13.6. The van der Waals surface area contributed by atoms with Gasteiger partial charge >= 0.3 is 0 Å². The Morgan fingerprint density at radius 3 is 2.40 bits per heavy atom. The predicted molar refractivity (Wildman–Crippen MR) is 86.9 cm³/mol. The lowest BCUT2D eigenvalue weighted by atomic mass is 10.1. The van der Waals surface area contributed by atoms with E-state index in [-0.39, 0.29) is 5.54 Å². The van der Waals surface area contributed by atoms with Crippen LogP contribution >= 0.6 is 0 Å². The molecule has 0 heterocycles. The summed E-state index contributed by atoms with van der Waals surface area (Å²) in [6.07, 6.45) is 0. The summed E-state index contributed by atoms with van der Waals surface area (Å²) in [5, 5.41) is 6.70. The molecule has 112 valence electrons. The van der Waals surface area contributed by atoms with Gasteiger partial charge < -0.3 is 15.5 Å². The van der Waals surface area contributed by atoms with Gasteiger partial charge in [-0.3, -0.25) is 4.99 Å². The predicted octanol–water partition coefficient (Wildman–Crippen LogP) is 2.21. The van der Waals surface area contributed by atoms with Crippen LogP contribution in [0.1, 0.15) is 31.9 Å².